The number of pyridine rings is 1. The summed E-state index contributed by atoms with van der Waals surface area (Å²) < 4.78 is 1.03. The van der Waals surface area contributed by atoms with Crippen molar-refractivity contribution in [2.75, 3.05) is 24.5 Å². The zero-order valence-corrected chi connectivity index (χ0v) is 11.2. The first-order valence-corrected chi connectivity index (χ1v) is 6.49. The lowest BCUT2D eigenvalue weighted by atomic mass is 9.80. The third kappa shape index (κ3) is 2.55. The zero-order valence-electron chi connectivity index (χ0n) is 9.62. The largest absolute Gasteiger partial charge is 0.357 e. The number of nitrogens with zero attached hydrogens (tertiary/aromatic N) is 2. The summed E-state index contributed by atoms with van der Waals surface area (Å²) in [5, 5.41) is 0. The molecule has 1 fully saturated rings. The topological polar surface area (TPSA) is 42.1 Å². The second-order valence-electron chi connectivity index (χ2n) is 4.84. The highest BCUT2D eigenvalue weighted by Crippen LogP contribution is 2.31. The molecule has 2 rings (SSSR count). The van der Waals surface area contributed by atoms with Gasteiger partial charge in [0.1, 0.15) is 5.82 Å². The molecule has 2 heterocycles. The highest BCUT2D eigenvalue weighted by atomic mass is 79.9. The van der Waals surface area contributed by atoms with Gasteiger partial charge in [-0.25, -0.2) is 4.98 Å². The smallest absolute Gasteiger partial charge is 0.128 e. The van der Waals surface area contributed by atoms with Crippen LogP contribution in [0.3, 0.4) is 0 Å². The number of aromatic nitrogens is 1. The summed E-state index contributed by atoms with van der Waals surface area (Å²) in [6, 6.07) is 4.11. The number of hydrogen-bond acceptors (Lipinski definition) is 3. The van der Waals surface area contributed by atoms with Crippen molar-refractivity contribution >= 4 is 21.7 Å². The van der Waals surface area contributed by atoms with E-state index in [0.717, 1.165) is 42.8 Å². The highest BCUT2D eigenvalue weighted by molar-refractivity contribution is 9.10. The van der Waals surface area contributed by atoms with Crippen molar-refractivity contribution in [3.63, 3.8) is 0 Å². The second kappa shape index (κ2) is 4.72. The normalized spacial score (nSPS) is 19.8. The minimum Gasteiger partial charge on any atom is -0.357 e. The standard InChI is InChI=1S/C12H18BrN3/c1-12(9-14)4-6-16(7-5-12)11-3-2-10(13)8-15-11/h2-3,8H,4-7,9,14H2,1H3. The van der Waals surface area contributed by atoms with Crippen LogP contribution >= 0.6 is 15.9 Å². The molecule has 0 amide bonds. The summed E-state index contributed by atoms with van der Waals surface area (Å²) in [4.78, 5) is 6.76. The Morgan fingerprint density at radius 2 is 2.12 bits per heavy atom. The maximum atomic E-state index is 5.80. The summed E-state index contributed by atoms with van der Waals surface area (Å²) in [5.41, 5.74) is 6.13. The van der Waals surface area contributed by atoms with Gasteiger partial charge in [-0.2, -0.15) is 0 Å². The van der Waals surface area contributed by atoms with E-state index in [9.17, 15) is 0 Å². The van der Waals surface area contributed by atoms with Crippen molar-refractivity contribution in [1.29, 1.82) is 0 Å². The van der Waals surface area contributed by atoms with E-state index >= 15 is 0 Å². The van der Waals surface area contributed by atoms with Gasteiger partial charge in [-0.15, -0.1) is 0 Å². The molecule has 0 spiro atoms. The number of nitrogens with two attached hydrogens (primary N) is 1. The Bertz CT molecular complexity index is 342. The first-order valence-electron chi connectivity index (χ1n) is 5.70. The number of piperidine rings is 1. The molecule has 1 saturated heterocycles. The van der Waals surface area contributed by atoms with Gasteiger partial charge in [0.25, 0.3) is 0 Å². The van der Waals surface area contributed by atoms with E-state index in [2.05, 4.69) is 38.8 Å². The van der Waals surface area contributed by atoms with Crippen LogP contribution in [-0.2, 0) is 0 Å². The van der Waals surface area contributed by atoms with E-state index in [1.807, 2.05) is 12.3 Å². The van der Waals surface area contributed by atoms with Crippen LogP contribution in [0.1, 0.15) is 19.8 Å². The summed E-state index contributed by atoms with van der Waals surface area (Å²) in [7, 11) is 0. The molecule has 0 radical (unpaired) electrons. The van der Waals surface area contributed by atoms with Gasteiger partial charge < -0.3 is 10.6 Å². The van der Waals surface area contributed by atoms with Gasteiger partial charge in [0.15, 0.2) is 0 Å². The molecule has 1 aliphatic heterocycles. The summed E-state index contributed by atoms with van der Waals surface area (Å²) in [5.74, 6) is 1.07. The van der Waals surface area contributed by atoms with Crippen LogP contribution in [0.15, 0.2) is 22.8 Å². The van der Waals surface area contributed by atoms with Crippen LogP contribution in [0.2, 0.25) is 0 Å². The Balaban J connectivity index is 2.01. The van der Waals surface area contributed by atoms with Crippen LogP contribution < -0.4 is 10.6 Å². The van der Waals surface area contributed by atoms with Gasteiger partial charge in [0.2, 0.25) is 0 Å². The van der Waals surface area contributed by atoms with Crippen LogP contribution in [0, 0.1) is 5.41 Å². The second-order valence-corrected chi connectivity index (χ2v) is 5.75. The molecule has 0 aromatic carbocycles. The number of halogens is 1. The Kier molecular flexibility index (Phi) is 3.50. The molecule has 0 unspecified atom stereocenters. The van der Waals surface area contributed by atoms with E-state index in [1.165, 1.54) is 0 Å². The molecule has 88 valence electrons. The predicted octanol–water partition coefficient (Wildman–Crippen LogP) is 2.41. The molecule has 0 atom stereocenters. The van der Waals surface area contributed by atoms with Crippen LogP contribution in [0.5, 0.6) is 0 Å². The summed E-state index contributed by atoms with van der Waals surface area (Å²) >= 11 is 3.40. The predicted molar refractivity (Wildman–Crippen MR) is 70.5 cm³/mol. The molecule has 0 bridgehead atoms. The van der Waals surface area contributed by atoms with Crippen molar-refractivity contribution in [1.82, 2.24) is 4.98 Å². The van der Waals surface area contributed by atoms with Gasteiger partial charge in [-0.05, 0) is 52.9 Å². The molecule has 2 N–H and O–H groups in total. The van der Waals surface area contributed by atoms with Crippen molar-refractivity contribution in [3.8, 4) is 0 Å². The fourth-order valence-electron chi connectivity index (χ4n) is 2.03. The van der Waals surface area contributed by atoms with E-state index < -0.39 is 0 Å². The third-order valence-corrected chi connectivity index (χ3v) is 3.97. The Morgan fingerprint density at radius 3 is 2.62 bits per heavy atom. The third-order valence-electron chi connectivity index (χ3n) is 3.50. The molecular formula is C12H18BrN3. The fraction of sp³-hybridized carbons (Fsp3) is 0.583. The lowest BCUT2D eigenvalue weighted by molar-refractivity contribution is 0.258. The molecule has 4 heteroatoms. The van der Waals surface area contributed by atoms with E-state index in [4.69, 9.17) is 5.73 Å². The number of hydrogen-bond donors (Lipinski definition) is 1. The van der Waals surface area contributed by atoms with Crippen LogP contribution in [0.25, 0.3) is 0 Å². The molecule has 0 saturated carbocycles. The Morgan fingerprint density at radius 1 is 1.44 bits per heavy atom. The van der Waals surface area contributed by atoms with E-state index in [-0.39, 0.29) is 0 Å². The van der Waals surface area contributed by atoms with E-state index in [0.29, 0.717) is 5.41 Å². The van der Waals surface area contributed by atoms with Gasteiger partial charge in [0.05, 0.1) is 0 Å². The van der Waals surface area contributed by atoms with Gasteiger partial charge in [-0.1, -0.05) is 6.92 Å². The first kappa shape index (κ1) is 11.9. The average molecular weight is 284 g/mol. The molecule has 1 aliphatic rings. The molecule has 3 nitrogen and oxygen atoms in total. The van der Waals surface area contributed by atoms with Gasteiger partial charge >= 0.3 is 0 Å². The lowest BCUT2D eigenvalue weighted by Crippen LogP contribution is -2.42. The Hall–Kier alpha value is -0.610. The van der Waals surface area contributed by atoms with Crippen LogP contribution in [-0.4, -0.2) is 24.6 Å². The summed E-state index contributed by atoms with van der Waals surface area (Å²) in [6.07, 6.45) is 4.16. The molecular weight excluding hydrogens is 266 g/mol. The monoisotopic (exact) mass is 283 g/mol. The molecule has 1 aromatic rings. The van der Waals surface area contributed by atoms with Crippen molar-refractivity contribution < 1.29 is 0 Å². The molecule has 1 aromatic heterocycles. The van der Waals surface area contributed by atoms with Crippen molar-refractivity contribution in [2.45, 2.75) is 19.8 Å². The maximum absolute atomic E-state index is 5.80. The number of anilines is 1. The van der Waals surface area contributed by atoms with Crippen LogP contribution in [0.4, 0.5) is 5.82 Å². The maximum Gasteiger partial charge on any atom is 0.128 e. The SMILES string of the molecule is CC1(CN)CCN(c2ccc(Br)cn2)CC1. The van der Waals surface area contributed by atoms with E-state index in [1.54, 1.807) is 0 Å². The minimum atomic E-state index is 0.325. The Labute approximate surface area is 105 Å². The quantitative estimate of drug-likeness (QED) is 0.906. The lowest BCUT2D eigenvalue weighted by Gasteiger charge is -2.39. The van der Waals surface area contributed by atoms with Crippen molar-refractivity contribution in [2.24, 2.45) is 11.1 Å². The van der Waals surface area contributed by atoms with Gasteiger partial charge in [-0.3, -0.25) is 0 Å². The fourth-order valence-corrected chi connectivity index (χ4v) is 2.27. The van der Waals surface area contributed by atoms with Gasteiger partial charge in [0, 0.05) is 23.8 Å². The first-order chi connectivity index (χ1) is 7.63. The molecule has 16 heavy (non-hydrogen) atoms. The highest BCUT2D eigenvalue weighted by Gasteiger charge is 2.28. The summed E-state index contributed by atoms with van der Waals surface area (Å²) in [6.45, 7) is 5.18. The van der Waals surface area contributed by atoms with Crippen molar-refractivity contribution in [3.05, 3.63) is 22.8 Å². The molecule has 0 aliphatic carbocycles. The zero-order chi connectivity index (χ0) is 11.6. The average Bonchev–Trinajstić information content (AvgIpc) is 2.32. The minimum absolute atomic E-state index is 0.325. The number of rotatable bonds is 2.